The Morgan fingerprint density at radius 2 is 1.81 bits per heavy atom. The number of rotatable bonds is 4. The second kappa shape index (κ2) is 7.60. The summed E-state index contributed by atoms with van der Waals surface area (Å²) in [4.78, 5) is 13.9. The Balaban J connectivity index is 1.54. The highest BCUT2D eigenvalue weighted by Gasteiger charge is 2.45. The number of hydrogen-bond acceptors (Lipinski definition) is 4. The standard InChI is InChI=1S/C19H27ClN2O4S/c1-19(2,3)26-18(23)21-10-15-12-22(13-16(15)11-21)27(24,25)8-7-14-5-4-6-17(20)9-14/h4-6,9,15-16H,7-8,10-13H2,1-3H3. The molecular weight excluding hydrogens is 388 g/mol. The first-order chi connectivity index (χ1) is 12.5. The largest absolute Gasteiger partial charge is 0.444 e. The molecule has 6 nitrogen and oxygen atoms in total. The molecule has 8 heteroatoms. The van der Waals surface area contributed by atoms with E-state index < -0.39 is 15.6 Å². The van der Waals surface area contributed by atoms with Crippen LogP contribution in [0, 0.1) is 11.8 Å². The van der Waals surface area contributed by atoms with Gasteiger partial charge >= 0.3 is 6.09 Å². The van der Waals surface area contributed by atoms with Gasteiger partial charge in [0.15, 0.2) is 0 Å². The Bertz CT molecular complexity index is 792. The zero-order valence-corrected chi connectivity index (χ0v) is 17.6. The van der Waals surface area contributed by atoms with Gasteiger partial charge in [0.25, 0.3) is 0 Å². The predicted octanol–water partition coefficient (Wildman–Crippen LogP) is 3.01. The Morgan fingerprint density at radius 1 is 1.19 bits per heavy atom. The lowest BCUT2D eigenvalue weighted by molar-refractivity contribution is 0.0279. The summed E-state index contributed by atoms with van der Waals surface area (Å²) in [5, 5.41) is 0.614. The maximum absolute atomic E-state index is 12.7. The molecule has 150 valence electrons. The van der Waals surface area contributed by atoms with E-state index in [-0.39, 0.29) is 23.7 Å². The molecule has 2 unspecified atom stereocenters. The molecule has 2 fully saturated rings. The minimum Gasteiger partial charge on any atom is -0.444 e. The molecule has 0 aromatic heterocycles. The molecule has 0 bridgehead atoms. The predicted molar refractivity (Wildman–Crippen MR) is 105 cm³/mol. The molecule has 1 aromatic rings. The maximum atomic E-state index is 12.7. The molecule has 27 heavy (non-hydrogen) atoms. The number of carbonyl (C=O) groups is 1. The first-order valence-corrected chi connectivity index (χ1v) is 11.2. The number of benzene rings is 1. The summed E-state index contributed by atoms with van der Waals surface area (Å²) in [5.41, 5.74) is 0.395. The molecule has 1 amide bonds. The van der Waals surface area contributed by atoms with Crippen LogP contribution in [0.4, 0.5) is 4.79 Å². The summed E-state index contributed by atoms with van der Waals surface area (Å²) in [6.07, 6.45) is 0.130. The van der Waals surface area contributed by atoms with Crippen LogP contribution < -0.4 is 0 Å². The third-order valence-electron chi connectivity index (χ3n) is 5.04. The van der Waals surface area contributed by atoms with Crippen molar-refractivity contribution in [3.05, 3.63) is 34.9 Å². The van der Waals surface area contributed by atoms with E-state index in [2.05, 4.69) is 0 Å². The number of fused-ring (bicyclic) bond motifs is 1. The van der Waals surface area contributed by atoms with Crippen LogP contribution in [0.2, 0.25) is 5.02 Å². The topological polar surface area (TPSA) is 66.9 Å². The fraction of sp³-hybridized carbons (Fsp3) is 0.632. The zero-order valence-electron chi connectivity index (χ0n) is 16.0. The molecule has 0 saturated carbocycles. The van der Waals surface area contributed by atoms with Crippen LogP contribution in [-0.2, 0) is 21.2 Å². The minimum atomic E-state index is -3.32. The van der Waals surface area contributed by atoms with Gasteiger partial charge in [-0.2, -0.15) is 0 Å². The fourth-order valence-electron chi connectivity index (χ4n) is 3.72. The Kier molecular flexibility index (Phi) is 5.75. The van der Waals surface area contributed by atoms with E-state index in [9.17, 15) is 13.2 Å². The zero-order chi connectivity index (χ0) is 19.8. The van der Waals surface area contributed by atoms with E-state index >= 15 is 0 Å². The molecule has 2 aliphatic rings. The van der Waals surface area contributed by atoms with Gasteiger partial charge in [-0.15, -0.1) is 0 Å². The van der Waals surface area contributed by atoms with Crippen LogP contribution >= 0.6 is 11.6 Å². The Morgan fingerprint density at radius 3 is 2.37 bits per heavy atom. The molecule has 2 atom stereocenters. The van der Waals surface area contributed by atoms with Crippen LogP contribution in [-0.4, -0.2) is 61.2 Å². The van der Waals surface area contributed by atoms with Gasteiger partial charge < -0.3 is 9.64 Å². The number of carbonyl (C=O) groups excluding carboxylic acids is 1. The number of amides is 1. The van der Waals surface area contributed by atoms with Crippen molar-refractivity contribution in [1.82, 2.24) is 9.21 Å². The molecule has 3 rings (SSSR count). The molecule has 0 N–H and O–H groups in total. The quantitative estimate of drug-likeness (QED) is 0.759. The molecule has 0 spiro atoms. The van der Waals surface area contributed by atoms with Gasteiger partial charge in [-0.1, -0.05) is 23.7 Å². The van der Waals surface area contributed by atoms with E-state index in [1.165, 1.54) is 0 Å². The van der Waals surface area contributed by atoms with Crippen molar-refractivity contribution in [3.63, 3.8) is 0 Å². The summed E-state index contributed by atoms with van der Waals surface area (Å²) in [6.45, 7) is 7.59. The summed E-state index contributed by atoms with van der Waals surface area (Å²) >= 11 is 5.96. The normalized spacial score (nSPS) is 23.5. The van der Waals surface area contributed by atoms with Crippen molar-refractivity contribution in [1.29, 1.82) is 0 Å². The lowest BCUT2D eigenvalue weighted by Gasteiger charge is -2.26. The monoisotopic (exact) mass is 414 g/mol. The van der Waals surface area contributed by atoms with Crippen molar-refractivity contribution in [2.45, 2.75) is 32.8 Å². The highest BCUT2D eigenvalue weighted by atomic mass is 35.5. The van der Waals surface area contributed by atoms with Crippen LogP contribution in [0.1, 0.15) is 26.3 Å². The van der Waals surface area contributed by atoms with E-state index in [0.29, 0.717) is 37.6 Å². The number of hydrogen-bond donors (Lipinski definition) is 0. The van der Waals surface area contributed by atoms with E-state index in [4.69, 9.17) is 16.3 Å². The van der Waals surface area contributed by atoms with Gasteiger partial charge in [0.2, 0.25) is 10.0 Å². The average molecular weight is 415 g/mol. The molecule has 0 radical (unpaired) electrons. The highest BCUT2D eigenvalue weighted by molar-refractivity contribution is 7.89. The summed E-state index contributed by atoms with van der Waals surface area (Å²) in [5.74, 6) is 0.430. The number of likely N-dealkylation sites (tertiary alicyclic amines) is 1. The van der Waals surface area contributed by atoms with Crippen molar-refractivity contribution >= 4 is 27.7 Å². The Hall–Kier alpha value is -1.31. The summed E-state index contributed by atoms with van der Waals surface area (Å²) in [6, 6.07) is 7.29. The van der Waals surface area contributed by atoms with Crippen molar-refractivity contribution in [2.75, 3.05) is 31.9 Å². The number of halogens is 1. The van der Waals surface area contributed by atoms with E-state index in [0.717, 1.165) is 5.56 Å². The SMILES string of the molecule is CC(C)(C)OC(=O)N1CC2CN(S(=O)(=O)CCc3cccc(Cl)c3)CC2C1. The third kappa shape index (κ3) is 5.15. The summed E-state index contributed by atoms with van der Waals surface area (Å²) in [7, 11) is -3.32. The first-order valence-electron chi connectivity index (χ1n) is 9.24. The molecule has 2 heterocycles. The first kappa shape index (κ1) is 20.4. The van der Waals surface area contributed by atoms with E-state index in [1.807, 2.05) is 32.9 Å². The average Bonchev–Trinajstić information content (AvgIpc) is 3.11. The van der Waals surface area contributed by atoms with Gasteiger partial charge in [0.05, 0.1) is 5.75 Å². The lowest BCUT2D eigenvalue weighted by atomic mass is 10.0. The highest BCUT2D eigenvalue weighted by Crippen LogP contribution is 2.33. The van der Waals surface area contributed by atoms with Crippen molar-refractivity contribution in [3.8, 4) is 0 Å². The van der Waals surface area contributed by atoms with Crippen molar-refractivity contribution in [2.24, 2.45) is 11.8 Å². The van der Waals surface area contributed by atoms with Crippen LogP contribution in [0.25, 0.3) is 0 Å². The molecule has 1 aromatic carbocycles. The minimum absolute atomic E-state index is 0.0720. The number of nitrogens with zero attached hydrogens (tertiary/aromatic N) is 2. The van der Waals surface area contributed by atoms with Gasteiger partial charge in [-0.25, -0.2) is 17.5 Å². The van der Waals surface area contributed by atoms with Crippen molar-refractivity contribution < 1.29 is 17.9 Å². The van der Waals surface area contributed by atoms with Crippen LogP contribution in [0.5, 0.6) is 0 Å². The summed E-state index contributed by atoms with van der Waals surface area (Å²) < 4.78 is 32.4. The second-order valence-corrected chi connectivity index (χ2v) is 10.9. The molecule has 2 aliphatic heterocycles. The van der Waals surface area contributed by atoms with Crippen LogP contribution in [0.15, 0.2) is 24.3 Å². The molecule has 0 aliphatic carbocycles. The van der Waals surface area contributed by atoms with Gasteiger partial charge in [-0.05, 0) is 56.7 Å². The van der Waals surface area contributed by atoms with E-state index in [1.54, 1.807) is 21.3 Å². The number of sulfonamides is 1. The number of aryl methyl sites for hydroxylation is 1. The smallest absolute Gasteiger partial charge is 0.410 e. The van der Waals surface area contributed by atoms with Crippen LogP contribution in [0.3, 0.4) is 0 Å². The maximum Gasteiger partial charge on any atom is 0.410 e. The second-order valence-electron chi connectivity index (χ2n) is 8.42. The lowest BCUT2D eigenvalue weighted by Crippen LogP contribution is -2.39. The van der Waals surface area contributed by atoms with Gasteiger partial charge in [0.1, 0.15) is 5.60 Å². The third-order valence-corrected chi connectivity index (χ3v) is 7.08. The molecular formula is C19H27ClN2O4S. The van der Waals surface area contributed by atoms with Gasteiger partial charge in [0, 0.05) is 31.2 Å². The number of ether oxygens (including phenoxy) is 1. The Labute approximate surface area is 166 Å². The fourth-order valence-corrected chi connectivity index (χ4v) is 5.52. The molecule has 2 saturated heterocycles. The van der Waals surface area contributed by atoms with Gasteiger partial charge in [-0.3, -0.25) is 0 Å².